The summed E-state index contributed by atoms with van der Waals surface area (Å²) in [4.78, 5) is 19.0. The molecule has 2 aromatic carbocycles. The van der Waals surface area contributed by atoms with Crippen LogP contribution in [0.2, 0.25) is 0 Å². The quantitative estimate of drug-likeness (QED) is 0.766. The molecule has 0 saturated carbocycles. The predicted octanol–water partition coefficient (Wildman–Crippen LogP) is 2.92. The largest absolute Gasteiger partial charge is 0.495 e. The average Bonchev–Trinajstić information content (AvgIpc) is 3.12. The van der Waals surface area contributed by atoms with Gasteiger partial charge in [-0.15, -0.1) is 0 Å². The van der Waals surface area contributed by atoms with Gasteiger partial charge in [-0.1, -0.05) is 41.6 Å². The molecule has 2 atom stereocenters. The van der Waals surface area contributed by atoms with Crippen molar-refractivity contribution >= 4 is 38.4 Å². The van der Waals surface area contributed by atoms with E-state index in [-0.39, 0.29) is 28.7 Å². The Bertz CT molecular complexity index is 1070. The van der Waals surface area contributed by atoms with Crippen LogP contribution < -0.4 is 9.64 Å². The third-order valence-corrected chi connectivity index (χ3v) is 8.08. The second-order valence-electron chi connectivity index (χ2n) is 6.91. The first-order valence-electron chi connectivity index (χ1n) is 8.87. The predicted molar refractivity (Wildman–Crippen MR) is 112 cm³/mol. The second kappa shape index (κ2) is 7.25. The lowest BCUT2D eigenvalue weighted by Crippen LogP contribution is -2.38. The average molecular weight is 417 g/mol. The first-order chi connectivity index (χ1) is 13.4. The van der Waals surface area contributed by atoms with Crippen molar-refractivity contribution in [2.24, 2.45) is 4.99 Å². The SMILES string of the molecule is COc1ccccc1N1C(=NC(=O)c2cccc(C)c2)SC2CS(=O)(=O)CC21. The first kappa shape index (κ1) is 19.0. The Balaban J connectivity index is 1.76. The van der Waals surface area contributed by atoms with Crippen molar-refractivity contribution in [2.75, 3.05) is 23.5 Å². The highest BCUT2D eigenvalue weighted by Gasteiger charge is 2.50. The summed E-state index contributed by atoms with van der Waals surface area (Å²) >= 11 is 1.35. The lowest BCUT2D eigenvalue weighted by Gasteiger charge is -2.26. The number of carbonyl (C=O) groups excluding carboxylic acids is 1. The summed E-state index contributed by atoms with van der Waals surface area (Å²) in [6, 6.07) is 14.4. The van der Waals surface area contributed by atoms with E-state index in [2.05, 4.69) is 4.99 Å². The summed E-state index contributed by atoms with van der Waals surface area (Å²) in [6.45, 7) is 1.92. The normalized spacial score (nSPS) is 24.4. The number of para-hydroxylation sites is 2. The molecule has 146 valence electrons. The number of hydrogen-bond acceptors (Lipinski definition) is 5. The fourth-order valence-corrected chi connectivity index (χ4v) is 7.51. The van der Waals surface area contributed by atoms with Crippen molar-refractivity contribution < 1.29 is 17.9 Å². The van der Waals surface area contributed by atoms with E-state index in [1.165, 1.54) is 11.8 Å². The Hall–Kier alpha value is -2.32. The number of ether oxygens (including phenoxy) is 1. The van der Waals surface area contributed by atoms with Crippen LogP contribution in [0.3, 0.4) is 0 Å². The number of amidine groups is 1. The van der Waals surface area contributed by atoms with E-state index in [4.69, 9.17) is 4.74 Å². The summed E-state index contributed by atoms with van der Waals surface area (Å²) in [5.74, 6) is 0.407. The van der Waals surface area contributed by atoms with Crippen LogP contribution in [-0.4, -0.2) is 49.4 Å². The van der Waals surface area contributed by atoms with Crippen molar-refractivity contribution in [1.82, 2.24) is 0 Å². The molecule has 2 aromatic rings. The zero-order valence-electron chi connectivity index (χ0n) is 15.5. The molecule has 0 spiro atoms. The number of methoxy groups -OCH3 is 1. The standard InChI is InChI=1S/C20H20N2O4S2/c1-13-6-5-7-14(10-13)19(23)21-20-22(15-8-3-4-9-17(15)26-2)16-11-28(24,25)12-18(16)27-20/h3-10,16,18H,11-12H2,1-2H3. The molecule has 0 aromatic heterocycles. The molecule has 28 heavy (non-hydrogen) atoms. The maximum atomic E-state index is 12.8. The molecular formula is C20H20N2O4S2. The highest BCUT2D eigenvalue weighted by atomic mass is 32.2. The van der Waals surface area contributed by atoms with E-state index in [9.17, 15) is 13.2 Å². The minimum absolute atomic E-state index is 0.0420. The number of aryl methyl sites for hydroxylation is 1. The number of benzene rings is 2. The lowest BCUT2D eigenvalue weighted by atomic mass is 10.1. The molecule has 2 heterocycles. The number of nitrogens with zero attached hydrogens (tertiary/aromatic N) is 2. The van der Waals surface area contributed by atoms with Gasteiger partial charge < -0.3 is 9.64 Å². The molecule has 6 nitrogen and oxygen atoms in total. The van der Waals surface area contributed by atoms with Gasteiger partial charge in [0.2, 0.25) is 0 Å². The smallest absolute Gasteiger partial charge is 0.279 e. The Morgan fingerprint density at radius 1 is 1.18 bits per heavy atom. The molecule has 1 amide bonds. The summed E-state index contributed by atoms with van der Waals surface area (Å²) in [5.41, 5.74) is 2.21. The maximum absolute atomic E-state index is 12.8. The highest BCUT2D eigenvalue weighted by Crippen LogP contribution is 2.43. The Labute approximate surface area is 168 Å². The molecule has 0 aliphatic carbocycles. The third-order valence-electron chi connectivity index (χ3n) is 4.87. The summed E-state index contributed by atoms with van der Waals surface area (Å²) in [7, 11) is -1.55. The molecule has 2 aliphatic rings. The van der Waals surface area contributed by atoms with Gasteiger partial charge in [0, 0.05) is 10.8 Å². The number of aliphatic imine (C=N–C) groups is 1. The van der Waals surface area contributed by atoms with Crippen LogP contribution >= 0.6 is 11.8 Å². The van der Waals surface area contributed by atoms with E-state index in [0.717, 1.165) is 11.3 Å². The van der Waals surface area contributed by atoms with Gasteiger partial charge in [0.25, 0.3) is 5.91 Å². The minimum Gasteiger partial charge on any atom is -0.495 e. The molecule has 0 N–H and O–H groups in total. The van der Waals surface area contributed by atoms with Crippen LogP contribution in [-0.2, 0) is 9.84 Å². The molecule has 2 fully saturated rings. The van der Waals surface area contributed by atoms with Gasteiger partial charge >= 0.3 is 0 Å². The topological polar surface area (TPSA) is 76.0 Å². The van der Waals surface area contributed by atoms with E-state index >= 15 is 0 Å². The van der Waals surface area contributed by atoms with Crippen LogP contribution in [0, 0.1) is 6.92 Å². The van der Waals surface area contributed by atoms with E-state index < -0.39 is 9.84 Å². The number of amides is 1. The van der Waals surface area contributed by atoms with E-state index in [1.807, 2.05) is 48.2 Å². The van der Waals surface area contributed by atoms with Crippen molar-refractivity contribution in [3.63, 3.8) is 0 Å². The van der Waals surface area contributed by atoms with Crippen LogP contribution in [0.1, 0.15) is 15.9 Å². The van der Waals surface area contributed by atoms with Crippen LogP contribution in [0.4, 0.5) is 5.69 Å². The van der Waals surface area contributed by atoms with Gasteiger partial charge in [0.05, 0.1) is 30.3 Å². The number of thioether (sulfide) groups is 1. The molecule has 2 unspecified atom stereocenters. The van der Waals surface area contributed by atoms with Gasteiger partial charge in [-0.2, -0.15) is 4.99 Å². The van der Waals surface area contributed by atoms with Gasteiger partial charge in [-0.25, -0.2) is 8.42 Å². The van der Waals surface area contributed by atoms with E-state index in [1.54, 1.807) is 19.2 Å². The van der Waals surface area contributed by atoms with Crippen LogP contribution in [0.25, 0.3) is 0 Å². The molecule has 0 radical (unpaired) electrons. The lowest BCUT2D eigenvalue weighted by molar-refractivity contribution is 0.100. The first-order valence-corrected chi connectivity index (χ1v) is 11.6. The summed E-state index contributed by atoms with van der Waals surface area (Å²) in [6.07, 6.45) is 0. The fourth-order valence-electron chi connectivity index (χ4n) is 3.60. The van der Waals surface area contributed by atoms with Crippen molar-refractivity contribution in [3.8, 4) is 5.75 Å². The van der Waals surface area contributed by atoms with Crippen LogP contribution in [0.5, 0.6) is 5.75 Å². The molecular weight excluding hydrogens is 396 g/mol. The second-order valence-corrected chi connectivity index (χ2v) is 10.3. The third kappa shape index (κ3) is 3.54. The fraction of sp³-hybridized carbons (Fsp3) is 0.300. The van der Waals surface area contributed by atoms with Crippen molar-refractivity contribution in [3.05, 3.63) is 59.7 Å². The highest BCUT2D eigenvalue weighted by molar-refractivity contribution is 8.16. The molecule has 2 saturated heterocycles. The van der Waals surface area contributed by atoms with Gasteiger partial charge in [0.1, 0.15) is 5.75 Å². The number of carbonyl (C=O) groups is 1. The van der Waals surface area contributed by atoms with Crippen LogP contribution in [0.15, 0.2) is 53.5 Å². The molecule has 2 aliphatic heterocycles. The summed E-state index contributed by atoms with van der Waals surface area (Å²) in [5, 5.41) is 0.361. The Morgan fingerprint density at radius 3 is 2.71 bits per heavy atom. The Morgan fingerprint density at radius 2 is 1.96 bits per heavy atom. The Kier molecular flexibility index (Phi) is 4.93. The van der Waals surface area contributed by atoms with Crippen molar-refractivity contribution in [2.45, 2.75) is 18.2 Å². The summed E-state index contributed by atoms with van der Waals surface area (Å²) < 4.78 is 29.8. The zero-order chi connectivity index (χ0) is 19.9. The minimum atomic E-state index is -3.12. The number of sulfone groups is 1. The monoisotopic (exact) mass is 416 g/mol. The van der Waals surface area contributed by atoms with Gasteiger partial charge in [-0.3, -0.25) is 4.79 Å². The number of anilines is 1. The van der Waals surface area contributed by atoms with E-state index in [0.29, 0.717) is 16.5 Å². The maximum Gasteiger partial charge on any atom is 0.279 e. The van der Waals surface area contributed by atoms with Gasteiger partial charge in [0.15, 0.2) is 15.0 Å². The number of rotatable bonds is 3. The number of fused-ring (bicyclic) bond motifs is 1. The van der Waals surface area contributed by atoms with Gasteiger partial charge in [-0.05, 0) is 31.2 Å². The molecule has 4 rings (SSSR count). The van der Waals surface area contributed by atoms with Crippen molar-refractivity contribution in [1.29, 1.82) is 0 Å². The number of hydrogen-bond donors (Lipinski definition) is 0. The molecule has 0 bridgehead atoms. The molecule has 8 heteroatoms. The zero-order valence-corrected chi connectivity index (χ0v) is 17.2.